The van der Waals surface area contributed by atoms with Crippen molar-refractivity contribution >= 4 is 27.9 Å². The van der Waals surface area contributed by atoms with Crippen LogP contribution in [0.2, 0.25) is 0 Å². The van der Waals surface area contributed by atoms with Crippen molar-refractivity contribution in [3.63, 3.8) is 0 Å². The lowest BCUT2D eigenvalue weighted by atomic mass is 10.2. The molecule has 1 unspecified atom stereocenters. The van der Waals surface area contributed by atoms with E-state index in [-0.39, 0.29) is 16.8 Å². The maximum atomic E-state index is 11.5. The number of nitrogens with zero attached hydrogens (tertiary/aromatic N) is 4. The molecule has 8 heteroatoms. The van der Waals surface area contributed by atoms with Crippen molar-refractivity contribution in [2.75, 3.05) is 18.0 Å². The zero-order valence-corrected chi connectivity index (χ0v) is 13.0. The van der Waals surface area contributed by atoms with E-state index in [9.17, 15) is 10.1 Å². The predicted octanol–water partition coefficient (Wildman–Crippen LogP) is 2.27. The minimum Gasteiger partial charge on any atom is -0.358 e. The molecule has 7 nitrogen and oxygen atoms in total. The fraction of sp³-hybridized carbons (Fsp3) is 0.615. The Hall–Kier alpha value is -1.67. The van der Waals surface area contributed by atoms with E-state index in [1.807, 2.05) is 24.1 Å². The molecule has 0 radical (unpaired) electrons. The molecule has 1 saturated heterocycles. The van der Waals surface area contributed by atoms with Gasteiger partial charge in [0.05, 0.1) is 0 Å². The van der Waals surface area contributed by atoms with Crippen molar-refractivity contribution in [1.82, 2.24) is 14.7 Å². The number of fused-ring (bicyclic) bond motifs is 1. The fourth-order valence-corrected chi connectivity index (χ4v) is 3.52. The largest absolute Gasteiger partial charge is 0.373 e. The van der Waals surface area contributed by atoms with E-state index in [4.69, 9.17) is 0 Å². The molecule has 3 rings (SSSR count). The van der Waals surface area contributed by atoms with Gasteiger partial charge in [-0.2, -0.15) is 9.38 Å². The number of nitro groups is 1. The molecule has 21 heavy (non-hydrogen) atoms. The highest BCUT2D eigenvalue weighted by molar-refractivity contribution is 7.15. The zero-order valence-electron chi connectivity index (χ0n) is 12.2. The third kappa shape index (κ3) is 2.60. The number of nitrogens with one attached hydrogen (secondary N) is 1. The van der Waals surface area contributed by atoms with Crippen LogP contribution in [0.1, 0.15) is 26.7 Å². The summed E-state index contributed by atoms with van der Waals surface area (Å²) >= 11 is 1.42. The van der Waals surface area contributed by atoms with E-state index in [1.165, 1.54) is 11.3 Å². The lowest BCUT2D eigenvalue weighted by molar-refractivity contribution is -0.389. The van der Waals surface area contributed by atoms with Crippen LogP contribution in [0.5, 0.6) is 0 Å². The summed E-state index contributed by atoms with van der Waals surface area (Å²) in [6.45, 7) is 5.87. The Morgan fingerprint density at radius 1 is 1.67 bits per heavy atom. The molecule has 0 aliphatic carbocycles. The number of thiazole rings is 1. The number of hydrogen-bond acceptors (Lipinski definition) is 6. The number of rotatable bonds is 5. The van der Waals surface area contributed by atoms with Crippen molar-refractivity contribution in [3.8, 4) is 0 Å². The molecular formula is C13H19N5O2S. The Bertz CT molecular complexity index is 644. The van der Waals surface area contributed by atoms with Gasteiger partial charge in [0, 0.05) is 24.0 Å². The summed E-state index contributed by atoms with van der Waals surface area (Å²) in [6.07, 6.45) is 3.98. The van der Waals surface area contributed by atoms with Crippen LogP contribution >= 0.6 is 11.3 Å². The van der Waals surface area contributed by atoms with E-state index in [0.29, 0.717) is 16.8 Å². The van der Waals surface area contributed by atoms with E-state index in [0.717, 1.165) is 25.9 Å². The first-order chi connectivity index (χ1) is 10.1. The molecule has 0 amide bonds. The average molecular weight is 309 g/mol. The van der Waals surface area contributed by atoms with Crippen molar-refractivity contribution in [1.29, 1.82) is 0 Å². The molecule has 0 spiro atoms. The third-order valence-corrected chi connectivity index (χ3v) is 4.62. The second kappa shape index (κ2) is 5.61. The molecule has 114 valence electrons. The highest BCUT2D eigenvalue weighted by Crippen LogP contribution is 2.32. The molecule has 2 aromatic rings. The predicted molar refractivity (Wildman–Crippen MR) is 83.2 cm³/mol. The van der Waals surface area contributed by atoms with Crippen molar-refractivity contribution in [3.05, 3.63) is 21.7 Å². The van der Waals surface area contributed by atoms with Crippen LogP contribution in [0, 0.1) is 10.1 Å². The van der Waals surface area contributed by atoms with Crippen LogP contribution < -0.4 is 10.2 Å². The summed E-state index contributed by atoms with van der Waals surface area (Å²) in [6, 6.07) is 0.544. The van der Waals surface area contributed by atoms with Gasteiger partial charge in [-0.05, 0) is 38.2 Å². The molecule has 0 saturated carbocycles. The molecule has 1 fully saturated rings. The molecule has 1 aliphatic heterocycles. The van der Waals surface area contributed by atoms with Crippen LogP contribution in [-0.2, 0) is 0 Å². The Balaban J connectivity index is 1.99. The third-order valence-electron chi connectivity index (χ3n) is 3.87. The van der Waals surface area contributed by atoms with E-state index in [2.05, 4.69) is 10.3 Å². The van der Waals surface area contributed by atoms with Gasteiger partial charge >= 0.3 is 5.82 Å². The van der Waals surface area contributed by atoms with Crippen molar-refractivity contribution < 1.29 is 4.92 Å². The van der Waals surface area contributed by atoms with Gasteiger partial charge in [-0.15, -0.1) is 0 Å². The van der Waals surface area contributed by atoms with Gasteiger partial charge in [0.1, 0.15) is 6.20 Å². The number of imidazole rings is 1. The first-order valence-corrected chi connectivity index (χ1v) is 8.06. The maximum absolute atomic E-state index is 11.5. The lowest BCUT2D eigenvalue weighted by Gasteiger charge is -2.29. The second-order valence-electron chi connectivity index (χ2n) is 5.61. The normalized spacial score (nSPS) is 18.7. The fourth-order valence-electron chi connectivity index (χ4n) is 2.82. The summed E-state index contributed by atoms with van der Waals surface area (Å²) < 4.78 is 1.57. The van der Waals surface area contributed by atoms with Crippen LogP contribution in [-0.4, -0.2) is 39.5 Å². The maximum Gasteiger partial charge on any atom is 0.373 e. The van der Waals surface area contributed by atoms with Gasteiger partial charge in [0.2, 0.25) is 5.82 Å². The van der Waals surface area contributed by atoms with Gasteiger partial charge in [0.15, 0.2) is 0 Å². The van der Waals surface area contributed by atoms with Gasteiger partial charge in [0.25, 0.3) is 4.96 Å². The number of anilines is 1. The SMILES string of the molecule is CC(C)N(CC1CCCN1)c1nc2sccn2c1[N+](=O)[O-]. The monoisotopic (exact) mass is 309 g/mol. The second-order valence-corrected chi connectivity index (χ2v) is 6.48. The highest BCUT2D eigenvalue weighted by atomic mass is 32.1. The molecule has 0 aromatic carbocycles. The molecule has 1 aliphatic rings. The average Bonchev–Trinajstić information content (AvgIpc) is 3.11. The molecule has 3 heterocycles. The lowest BCUT2D eigenvalue weighted by Crippen LogP contribution is -2.41. The molecular weight excluding hydrogens is 290 g/mol. The number of hydrogen-bond donors (Lipinski definition) is 1. The summed E-state index contributed by atoms with van der Waals surface area (Å²) in [5.41, 5.74) is 0. The molecule has 1 atom stereocenters. The molecule has 1 N–H and O–H groups in total. The summed E-state index contributed by atoms with van der Waals surface area (Å²) in [5.74, 6) is 0.550. The van der Waals surface area contributed by atoms with Crippen LogP contribution in [0.25, 0.3) is 4.96 Å². The van der Waals surface area contributed by atoms with Crippen molar-refractivity contribution in [2.24, 2.45) is 0 Å². The van der Waals surface area contributed by atoms with Crippen molar-refractivity contribution in [2.45, 2.75) is 38.8 Å². The standard InChI is InChI=1S/C13H19N5O2S/c1-9(2)17(8-10-4-3-5-14-10)11-12(18(19)20)16-6-7-21-13(16)15-11/h6-7,9-10,14H,3-5,8H2,1-2H3. The Morgan fingerprint density at radius 2 is 2.48 bits per heavy atom. The molecule has 0 bridgehead atoms. The van der Waals surface area contributed by atoms with Gasteiger partial charge in [-0.1, -0.05) is 11.3 Å². The zero-order chi connectivity index (χ0) is 15.0. The van der Waals surface area contributed by atoms with Gasteiger partial charge < -0.3 is 20.3 Å². The highest BCUT2D eigenvalue weighted by Gasteiger charge is 2.31. The Kier molecular flexibility index (Phi) is 3.81. The Labute approximate surface area is 126 Å². The van der Waals surface area contributed by atoms with Gasteiger partial charge in [-0.25, -0.2) is 0 Å². The van der Waals surface area contributed by atoms with Crippen LogP contribution in [0.4, 0.5) is 11.6 Å². The first kappa shape index (κ1) is 14.3. The van der Waals surface area contributed by atoms with Gasteiger partial charge in [-0.3, -0.25) is 0 Å². The van der Waals surface area contributed by atoms with E-state index in [1.54, 1.807) is 10.6 Å². The quantitative estimate of drug-likeness (QED) is 0.677. The first-order valence-electron chi connectivity index (χ1n) is 7.18. The number of aromatic nitrogens is 2. The smallest absolute Gasteiger partial charge is 0.358 e. The summed E-state index contributed by atoms with van der Waals surface area (Å²) in [4.78, 5) is 18.3. The van der Waals surface area contributed by atoms with E-state index >= 15 is 0 Å². The minimum absolute atomic E-state index is 0.0675. The summed E-state index contributed by atoms with van der Waals surface area (Å²) in [7, 11) is 0. The van der Waals surface area contributed by atoms with Crippen LogP contribution in [0.15, 0.2) is 11.6 Å². The molecule has 2 aromatic heterocycles. The van der Waals surface area contributed by atoms with Crippen LogP contribution in [0.3, 0.4) is 0 Å². The summed E-state index contributed by atoms with van der Waals surface area (Å²) in [5, 5.41) is 16.7. The van der Waals surface area contributed by atoms with E-state index < -0.39 is 0 Å². The Morgan fingerprint density at radius 3 is 3.10 bits per heavy atom. The minimum atomic E-state index is -0.334. The topological polar surface area (TPSA) is 75.7 Å².